The van der Waals surface area contributed by atoms with Gasteiger partial charge in [0.25, 0.3) is 0 Å². The summed E-state index contributed by atoms with van der Waals surface area (Å²) in [7, 11) is 0. The maximum Gasteiger partial charge on any atom is 0.156 e. The van der Waals surface area contributed by atoms with Gasteiger partial charge in [0.05, 0.1) is 21.4 Å². The van der Waals surface area contributed by atoms with Crippen molar-refractivity contribution in [1.29, 1.82) is 0 Å². The molecule has 0 radical (unpaired) electrons. The molecular formula is C18H14N4OS. The minimum absolute atomic E-state index is 0.415. The summed E-state index contributed by atoms with van der Waals surface area (Å²) in [6.07, 6.45) is 4.56. The first kappa shape index (κ1) is 14.9. The maximum atomic E-state index is 9.55. The average molecular weight is 334 g/mol. The normalized spacial score (nSPS) is 12.4. The number of benzene rings is 1. The van der Waals surface area contributed by atoms with E-state index in [1.807, 2.05) is 29.8 Å². The van der Waals surface area contributed by atoms with Crippen LogP contribution in [0.5, 0.6) is 0 Å². The fraction of sp³-hybridized carbons (Fsp3) is 0.111. The lowest BCUT2D eigenvalue weighted by Crippen LogP contribution is -1.99. The number of aromatic nitrogens is 4. The quantitative estimate of drug-likeness (QED) is 0.616. The molecule has 0 bridgehead atoms. The third-order valence-electron chi connectivity index (χ3n) is 3.75. The molecule has 5 nitrogen and oxygen atoms in total. The summed E-state index contributed by atoms with van der Waals surface area (Å²) in [6.45, 7) is 1.65. The van der Waals surface area contributed by atoms with Crippen LogP contribution >= 0.6 is 11.3 Å². The van der Waals surface area contributed by atoms with E-state index in [2.05, 4.69) is 26.0 Å². The van der Waals surface area contributed by atoms with E-state index < -0.39 is 6.10 Å². The highest BCUT2D eigenvalue weighted by atomic mass is 32.1. The Hall–Kier alpha value is -2.70. The van der Waals surface area contributed by atoms with E-state index in [4.69, 9.17) is 0 Å². The highest BCUT2D eigenvalue weighted by Gasteiger charge is 2.12. The molecule has 3 heterocycles. The van der Waals surface area contributed by atoms with E-state index in [9.17, 15) is 5.11 Å². The number of thiazole rings is 1. The summed E-state index contributed by atoms with van der Waals surface area (Å²) in [5.74, 6) is 0.415. The van der Waals surface area contributed by atoms with Crippen molar-refractivity contribution < 1.29 is 5.11 Å². The molecular weight excluding hydrogens is 320 g/mol. The monoisotopic (exact) mass is 334 g/mol. The Morgan fingerprint density at radius 3 is 2.54 bits per heavy atom. The Kier molecular flexibility index (Phi) is 3.76. The number of hydrogen-bond acceptors (Lipinski definition) is 6. The molecule has 118 valence electrons. The highest BCUT2D eigenvalue weighted by Crippen LogP contribution is 2.34. The summed E-state index contributed by atoms with van der Waals surface area (Å²) in [5.41, 5.74) is 6.59. The molecule has 4 rings (SSSR count). The Bertz CT molecular complexity index is 981. The summed E-state index contributed by atoms with van der Waals surface area (Å²) in [4.78, 5) is 17.4. The SMILES string of the molecule is C[C@@H](O)c1ncc(-c2cc(-c3ccccn3)c3scnc3c2)cn1. The molecule has 1 aromatic carbocycles. The molecule has 0 saturated heterocycles. The van der Waals surface area contributed by atoms with Crippen molar-refractivity contribution in [1.82, 2.24) is 19.9 Å². The van der Waals surface area contributed by atoms with Gasteiger partial charge in [0.2, 0.25) is 0 Å². The summed E-state index contributed by atoms with van der Waals surface area (Å²) < 4.78 is 1.11. The summed E-state index contributed by atoms with van der Waals surface area (Å²) >= 11 is 1.60. The molecule has 1 atom stereocenters. The van der Waals surface area contributed by atoms with Crippen molar-refractivity contribution in [3.63, 3.8) is 0 Å². The average Bonchev–Trinajstić information content (AvgIpc) is 3.10. The fourth-order valence-electron chi connectivity index (χ4n) is 2.55. The second kappa shape index (κ2) is 6.07. The van der Waals surface area contributed by atoms with Crippen molar-refractivity contribution in [3.8, 4) is 22.4 Å². The number of rotatable bonds is 3. The number of aliphatic hydroxyl groups excluding tert-OH is 1. The topological polar surface area (TPSA) is 71.8 Å². The number of fused-ring (bicyclic) bond motifs is 1. The minimum Gasteiger partial charge on any atom is -0.385 e. The van der Waals surface area contributed by atoms with Crippen LogP contribution in [-0.4, -0.2) is 25.0 Å². The molecule has 1 N–H and O–H groups in total. The van der Waals surface area contributed by atoms with Gasteiger partial charge in [-0.25, -0.2) is 15.0 Å². The number of nitrogens with zero attached hydrogens (tertiary/aromatic N) is 4. The van der Waals surface area contributed by atoms with Crippen LogP contribution in [0.1, 0.15) is 18.9 Å². The maximum absolute atomic E-state index is 9.55. The van der Waals surface area contributed by atoms with Gasteiger partial charge in [-0.15, -0.1) is 11.3 Å². The van der Waals surface area contributed by atoms with E-state index in [1.165, 1.54) is 0 Å². The van der Waals surface area contributed by atoms with E-state index in [0.717, 1.165) is 32.6 Å². The molecule has 0 aliphatic rings. The van der Waals surface area contributed by atoms with Gasteiger partial charge < -0.3 is 5.11 Å². The predicted molar refractivity (Wildman–Crippen MR) is 94.5 cm³/mol. The lowest BCUT2D eigenvalue weighted by molar-refractivity contribution is 0.189. The van der Waals surface area contributed by atoms with Gasteiger partial charge in [-0.2, -0.15) is 0 Å². The lowest BCUT2D eigenvalue weighted by Gasteiger charge is -2.08. The van der Waals surface area contributed by atoms with Gasteiger partial charge in [0.1, 0.15) is 6.10 Å². The van der Waals surface area contributed by atoms with Crippen molar-refractivity contribution in [3.05, 3.63) is 60.3 Å². The van der Waals surface area contributed by atoms with Crippen LogP contribution in [-0.2, 0) is 0 Å². The molecule has 0 fully saturated rings. The van der Waals surface area contributed by atoms with E-state index >= 15 is 0 Å². The Labute approximate surface area is 142 Å². The molecule has 3 aromatic heterocycles. The molecule has 0 unspecified atom stereocenters. The largest absolute Gasteiger partial charge is 0.385 e. The first-order valence-electron chi connectivity index (χ1n) is 7.51. The predicted octanol–water partition coefficient (Wildman–Crippen LogP) is 3.87. The molecule has 0 saturated carbocycles. The molecule has 6 heteroatoms. The van der Waals surface area contributed by atoms with E-state index in [-0.39, 0.29) is 0 Å². The standard InChI is InChI=1S/C18H14N4OS/c1-11(23)18-20-8-13(9-21-18)12-6-14(15-4-2-3-5-19-15)17-16(7-12)22-10-24-17/h2-11,23H,1H3/t11-/m1/s1. The lowest BCUT2D eigenvalue weighted by atomic mass is 10.0. The van der Waals surface area contributed by atoms with Crippen molar-refractivity contribution >= 4 is 21.6 Å². The van der Waals surface area contributed by atoms with Crippen molar-refractivity contribution in [2.45, 2.75) is 13.0 Å². The van der Waals surface area contributed by atoms with Crippen LogP contribution in [0.4, 0.5) is 0 Å². The summed E-state index contributed by atoms with van der Waals surface area (Å²) in [5, 5.41) is 9.55. The number of hydrogen-bond donors (Lipinski definition) is 1. The van der Waals surface area contributed by atoms with Gasteiger partial charge in [0.15, 0.2) is 5.82 Å². The molecule has 0 aliphatic carbocycles. The van der Waals surface area contributed by atoms with E-state index in [1.54, 1.807) is 36.9 Å². The first-order valence-corrected chi connectivity index (χ1v) is 8.39. The number of pyridine rings is 1. The summed E-state index contributed by atoms with van der Waals surface area (Å²) in [6, 6.07) is 9.98. The van der Waals surface area contributed by atoms with E-state index in [0.29, 0.717) is 5.82 Å². The van der Waals surface area contributed by atoms with Crippen LogP contribution in [0.2, 0.25) is 0 Å². The van der Waals surface area contributed by atoms with Crippen LogP contribution in [0.3, 0.4) is 0 Å². The first-order chi connectivity index (χ1) is 11.7. The zero-order chi connectivity index (χ0) is 16.5. The molecule has 0 amide bonds. The zero-order valence-corrected chi connectivity index (χ0v) is 13.7. The van der Waals surface area contributed by atoms with Gasteiger partial charge in [-0.3, -0.25) is 4.98 Å². The Balaban J connectivity index is 1.87. The molecule has 0 aliphatic heterocycles. The van der Waals surface area contributed by atoms with Crippen LogP contribution in [0, 0.1) is 0 Å². The van der Waals surface area contributed by atoms with Crippen molar-refractivity contribution in [2.75, 3.05) is 0 Å². The van der Waals surface area contributed by atoms with Crippen LogP contribution in [0.25, 0.3) is 32.6 Å². The fourth-order valence-corrected chi connectivity index (χ4v) is 3.35. The van der Waals surface area contributed by atoms with Gasteiger partial charge in [-0.1, -0.05) is 6.07 Å². The smallest absolute Gasteiger partial charge is 0.156 e. The third kappa shape index (κ3) is 2.66. The Morgan fingerprint density at radius 2 is 1.83 bits per heavy atom. The van der Waals surface area contributed by atoms with Gasteiger partial charge >= 0.3 is 0 Å². The molecule has 24 heavy (non-hydrogen) atoms. The van der Waals surface area contributed by atoms with Gasteiger partial charge in [-0.05, 0) is 36.8 Å². The molecule has 4 aromatic rings. The third-order valence-corrected chi connectivity index (χ3v) is 4.63. The second-order valence-electron chi connectivity index (χ2n) is 5.45. The van der Waals surface area contributed by atoms with Crippen molar-refractivity contribution in [2.24, 2.45) is 0 Å². The Morgan fingerprint density at radius 1 is 1.00 bits per heavy atom. The highest BCUT2D eigenvalue weighted by molar-refractivity contribution is 7.17. The van der Waals surface area contributed by atoms with Crippen LogP contribution < -0.4 is 0 Å². The number of aliphatic hydroxyl groups is 1. The van der Waals surface area contributed by atoms with Crippen LogP contribution in [0.15, 0.2) is 54.4 Å². The van der Waals surface area contributed by atoms with Gasteiger partial charge in [0, 0.05) is 29.7 Å². The molecule has 0 spiro atoms. The minimum atomic E-state index is -0.677. The zero-order valence-electron chi connectivity index (χ0n) is 12.9. The second-order valence-corrected chi connectivity index (χ2v) is 6.30.